The summed E-state index contributed by atoms with van der Waals surface area (Å²) in [6.07, 6.45) is 8.32. The monoisotopic (exact) mass is 785 g/mol. The van der Waals surface area contributed by atoms with Gasteiger partial charge >= 0.3 is 17.9 Å². The van der Waals surface area contributed by atoms with Crippen molar-refractivity contribution in [3.05, 3.63) is 46.6 Å². The Morgan fingerprint density at radius 1 is 0.732 bits per heavy atom. The number of aliphatic hydroxyl groups excluding tert-OH is 3. The van der Waals surface area contributed by atoms with Crippen LogP contribution in [-0.4, -0.2) is 70.9 Å². The Morgan fingerprint density at radius 3 is 1.82 bits per heavy atom. The number of rotatable bonds is 8. The highest BCUT2D eigenvalue weighted by Crippen LogP contribution is 2.76. The quantitative estimate of drug-likeness (QED) is 0.0954. The summed E-state index contributed by atoms with van der Waals surface area (Å²) in [5.74, 6) is -1.41. The molecule has 0 aromatic heterocycles. The molecule has 5 aliphatic carbocycles. The fourth-order valence-electron chi connectivity index (χ4n) is 12.3. The first-order valence-electron chi connectivity index (χ1n) is 20.2. The van der Waals surface area contributed by atoms with Crippen LogP contribution in [0.1, 0.15) is 143 Å². The molecule has 9 nitrogen and oxygen atoms in total. The molecule has 9 heteroatoms. The molecule has 0 amide bonds. The first-order chi connectivity index (χ1) is 25.0. The van der Waals surface area contributed by atoms with Crippen molar-refractivity contribution in [2.24, 2.45) is 50.2 Å². The van der Waals surface area contributed by atoms with Gasteiger partial charge in [-0.25, -0.2) is 14.4 Å². The van der Waals surface area contributed by atoms with Gasteiger partial charge in [0.25, 0.3) is 0 Å². The van der Waals surface area contributed by atoms with Crippen LogP contribution < -0.4 is 0 Å². The minimum absolute atomic E-state index is 0. The highest BCUT2D eigenvalue weighted by atomic mass is 16.6. The lowest BCUT2D eigenvalue weighted by Crippen LogP contribution is -2.72. The third-order valence-electron chi connectivity index (χ3n) is 16.3. The highest BCUT2D eigenvalue weighted by Gasteiger charge is 2.73. The summed E-state index contributed by atoms with van der Waals surface area (Å²) in [4.78, 5) is 39.2. The summed E-state index contributed by atoms with van der Waals surface area (Å²) in [6, 6.07) is 0. The molecule has 0 bridgehead atoms. The minimum atomic E-state index is -1.31. The van der Waals surface area contributed by atoms with Crippen LogP contribution in [0.25, 0.3) is 0 Å². The molecule has 4 fully saturated rings. The molecule has 318 valence electrons. The van der Waals surface area contributed by atoms with Crippen molar-refractivity contribution in [2.45, 2.75) is 167 Å². The van der Waals surface area contributed by atoms with E-state index in [2.05, 4.69) is 33.8 Å². The molecule has 5 rings (SSSR count). The van der Waals surface area contributed by atoms with Crippen molar-refractivity contribution in [1.29, 1.82) is 0 Å². The average Bonchev–Trinajstić information content (AvgIpc) is 3.12. The third-order valence-corrected chi connectivity index (χ3v) is 16.3. The van der Waals surface area contributed by atoms with E-state index in [1.54, 1.807) is 52.8 Å². The number of hydrogen-bond acceptors (Lipinski definition) is 9. The Labute approximate surface area is 338 Å². The fraction of sp³-hybridized carbons (Fsp3) is 0.766. The molecule has 12 atom stereocenters. The zero-order valence-corrected chi connectivity index (χ0v) is 35.0. The van der Waals surface area contributed by atoms with E-state index in [4.69, 9.17) is 14.2 Å². The van der Waals surface area contributed by atoms with Gasteiger partial charge in [0.2, 0.25) is 0 Å². The van der Waals surface area contributed by atoms with Crippen molar-refractivity contribution >= 4 is 17.9 Å². The number of allylic oxidation sites excluding steroid dienone is 5. The van der Waals surface area contributed by atoms with E-state index in [9.17, 15) is 29.7 Å². The molecule has 0 aromatic carbocycles. The smallest absolute Gasteiger partial charge is 0.333 e. The summed E-state index contributed by atoms with van der Waals surface area (Å²) in [5, 5.41) is 36.8. The molecule has 4 saturated carbocycles. The van der Waals surface area contributed by atoms with Crippen LogP contribution in [0.5, 0.6) is 0 Å². The molecule has 0 aromatic rings. The molecule has 56 heavy (non-hydrogen) atoms. The number of hydrogen-bond donors (Lipinski definition) is 3. The second-order valence-electron chi connectivity index (χ2n) is 19.3. The van der Waals surface area contributed by atoms with E-state index in [0.29, 0.717) is 36.0 Å². The number of fused-ring (bicyclic) bond motifs is 7. The number of carbonyl (C=O) groups is 3. The maximum absolute atomic E-state index is 13.2. The third kappa shape index (κ3) is 7.07. The summed E-state index contributed by atoms with van der Waals surface area (Å²) < 4.78 is 18.0. The Bertz CT molecular complexity index is 1640. The lowest BCUT2D eigenvalue weighted by atomic mass is 9.33. The Hall–Kier alpha value is -2.75. The molecule has 0 heterocycles. The predicted octanol–water partition coefficient (Wildman–Crippen LogP) is 8.85. The summed E-state index contributed by atoms with van der Waals surface area (Å²) >= 11 is 0. The topological polar surface area (TPSA) is 140 Å². The van der Waals surface area contributed by atoms with E-state index < -0.39 is 58.0 Å². The van der Waals surface area contributed by atoms with Gasteiger partial charge in [-0.05, 0) is 120 Å². The molecule has 3 unspecified atom stereocenters. The summed E-state index contributed by atoms with van der Waals surface area (Å²) in [5.41, 5.74) is -0.912. The maximum Gasteiger partial charge on any atom is 0.333 e. The van der Waals surface area contributed by atoms with Gasteiger partial charge in [-0.1, -0.05) is 86.3 Å². The molecule has 5 aliphatic rings. The minimum Gasteiger partial charge on any atom is -0.462 e. The largest absolute Gasteiger partial charge is 0.462 e. The average molecular weight is 785 g/mol. The van der Waals surface area contributed by atoms with Crippen molar-refractivity contribution in [3.8, 4) is 0 Å². The zero-order chi connectivity index (χ0) is 40.4. The SMILES string of the molecule is C.C.C/C=C(/C)C(=O)OC[C@@]12C(CC(C)(C)[C@@H](OC(=O)/C(C)=C\C)[C@@H]1O)C1=CCC3[C@@]4(C)CC[C@H](O)[C@](C)(COC(=O)/C(C)=C\C)C4CC[C@@]3(C)[C@]1(C)C[C@H]2O. The van der Waals surface area contributed by atoms with E-state index in [-0.39, 0.29) is 62.6 Å². The van der Waals surface area contributed by atoms with Gasteiger partial charge in [-0.15, -0.1) is 0 Å². The Kier molecular flexibility index (Phi) is 14.0. The van der Waals surface area contributed by atoms with Gasteiger partial charge in [-0.3, -0.25) is 0 Å². The van der Waals surface area contributed by atoms with E-state index in [1.807, 2.05) is 20.8 Å². The molecule has 0 spiro atoms. The van der Waals surface area contributed by atoms with Crippen LogP contribution in [0.2, 0.25) is 0 Å². The number of esters is 3. The van der Waals surface area contributed by atoms with Crippen molar-refractivity contribution in [2.75, 3.05) is 13.2 Å². The first kappa shape index (κ1) is 47.6. The van der Waals surface area contributed by atoms with Crippen LogP contribution in [0.15, 0.2) is 46.6 Å². The van der Waals surface area contributed by atoms with Crippen molar-refractivity contribution in [1.82, 2.24) is 0 Å². The second kappa shape index (κ2) is 16.5. The van der Waals surface area contributed by atoms with Crippen molar-refractivity contribution in [3.63, 3.8) is 0 Å². The molecular weight excluding hydrogens is 709 g/mol. The Morgan fingerprint density at radius 2 is 1.27 bits per heavy atom. The van der Waals surface area contributed by atoms with Gasteiger partial charge in [0.15, 0.2) is 0 Å². The normalized spacial score (nSPS) is 41.8. The molecule has 3 N–H and O–H groups in total. The lowest BCUT2D eigenvalue weighted by molar-refractivity contribution is -0.264. The second-order valence-corrected chi connectivity index (χ2v) is 19.3. The maximum atomic E-state index is 13.2. The molecule has 0 radical (unpaired) electrons. The molecule has 0 aliphatic heterocycles. The van der Waals surface area contributed by atoms with Crippen LogP contribution in [0.4, 0.5) is 0 Å². The lowest BCUT2D eigenvalue weighted by Gasteiger charge is -2.72. The van der Waals surface area contributed by atoms with Crippen LogP contribution in [-0.2, 0) is 28.6 Å². The van der Waals surface area contributed by atoms with Crippen LogP contribution in [0.3, 0.4) is 0 Å². The standard InChI is InChI=1S/C45H68O9.2CH4/c1-13-26(4)37(49)52-24-42(10)31-18-21-43(11)32(41(31,9)20-19-33(42)46)17-16-29-30-22-40(7,8)36(54-39(51)28(6)15-3)35(48)45(30,34(47)23-44(29,43)12)25-53-38(50)27(5)14-2;;/h13-16,30-36,46-48H,17-25H2,1-12H3;2*1H4/b26-13-,27-14-,28-15-;;/t30?,31?,32?,33-,34+,35-,36-,41-,42+,43+,44+,45-;;/m0../s1. The fourth-order valence-corrected chi connectivity index (χ4v) is 12.3. The van der Waals surface area contributed by atoms with Crippen LogP contribution in [0, 0.1) is 50.2 Å². The zero-order valence-electron chi connectivity index (χ0n) is 35.0. The number of aliphatic hydroxyl groups is 3. The predicted molar refractivity (Wildman–Crippen MR) is 221 cm³/mol. The van der Waals surface area contributed by atoms with Gasteiger partial charge in [0.05, 0.1) is 24.2 Å². The number of carbonyl (C=O) groups excluding carboxylic acids is 3. The van der Waals surface area contributed by atoms with Crippen molar-refractivity contribution < 1.29 is 43.9 Å². The summed E-state index contributed by atoms with van der Waals surface area (Å²) in [6.45, 7) is 23.5. The Balaban J connectivity index is 0.00000420. The first-order valence-corrected chi connectivity index (χ1v) is 20.2. The molecule has 0 saturated heterocycles. The van der Waals surface area contributed by atoms with E-state index in [0.717, 1.165) is 25.7 Å². The van der Waals surface area contributed by atoms with Crippen LogP contribution >= 0.6 is 0 Å². The molecular formula is C47H76O9. The highest BCUT2D eigenvalue weighted by molar-refractivity contribution is 5.88. The van der Waals surface area contributed by atoms with Gasteiger partial charge in [0.1, 0.15) is 18.8 Å². The van der Waals surface area contributed by atoms with Gasteiger partial charge in [-0.2, -0.15) is 0 Å². The van der Waals surface area contributed by atoms with Gasteiger partial charge in [0, 0.05) is 27.5 Å². The van der Waals surface area contributed by atoms with E-state index >= 15 is 0 Å². The van der Waals surface area contributed by atoms with E-state index in [1.165, 1.54) is 5.57 Å². The van der Waals surface area contributed by atoms with Gasteiger partial charge < -0.3 is 29.5 Å². The summed E-state index contributed by atoms with van der Waals surface area (Å²) in [7, 11) is 0. The number of ether oxygens (including phenoxy) is 3.